The predicted octanol–water partition coefficient (Wildman–Crippen LogP) is -0.0659. The minimum atomic E-state index is -0.939. The van der Waals surface area contributed by atoms with Gasteiger partial charge in [0.05, 0.1) is 19.2 Å². The summed E-state index contributed by atoms with van der Waals surface area (Å²) in [5, 5.41) is 11.2. The van der Waals surface area contributed by atoms with Gasteiger partial charge in [-0.15, -0.1) is 0 Å². The van der Waals surface area contributed by atoms with E-state index in [1.165, 1.54) is 4.90 Å². The molecule has 0 aromatic heterocycles. The van der Waals surface area contributed by atoms with Gasteiger partial charge >= 0.3 is 5.97 Å². The Balaban J connectivity index is 3.49. The number of nitrogens with one attached hydrogen (secondary N) is 1. The second-order valence-electron chi connectivity index (χ2n) is 4.19. The number of nitrogens with zero attached hydrogens (tertiary/aromatic N) is 1. The molecule has 0 unspecified atom stereocenters. The number of rotatable bonds is 9. The molecule has 0 heterocycles. The van der Waals surface area contributed by atoms with Gasteiger partial charge in [0.25, 0.3) is 0 Å². The first-order chi connectivity index (χ1) is 7.91. The van der Waals surface area contributed by atoms with Crippen LogP contribution in [-0.2, 0) is 14.3 Å². The van der Waals surface area contributed by atoms with E-state index in [1.807, 2.05) is 13.8 Å². The molecule has 2 N–H and O–H groups in total. The Morgan fingerprint density at radius 3 is 2.53 bits per heavy atom. The SMILES string of the molecule is CC(C)OCCCNC(=O)CN(C)CC(=O)O. The summed E-state index contributed by atoms with van der Waals surface area (Å²) >= 11 is 0. The minimum Gasteiger partial charge on any atom is -0.480 e. The molecule has 0 spiro atoms. The van der Waals surface area contributed by atoms with Crippen LogP contribution in [0.2, 0.25) is 0 Å². The van der Waals surface area contributed by atoms with E-state index >= 15 is 0 Å². The van der Waals surface area contributed by atoms with Crippen molar-refractivity contribution in [3.63, 3.8) is 0 Å². The molecule has 17 heavy (non-hydrogen) atoms. The van der Waals surface area contributed by atoms with Crippen LogP contribution in [0.1, 0.15) is 20.3 Å². The van der Waals surface area contributed by atoms with Gasteiger partial charge < -0.3 is 15.2 Å². The summed E-state index contributed by atoms with van der Waals surface area (Å²) in [6, 6.07) is 0. The summed E-state index contributed by atoms with van der Waals surface area (Å²) < 4.78 is 5.32. The number of likely N-dealkylation sites (N-methyl/N-ethyl adjacent to an activating group) is 1. The van der Waals surface area contributed by atoms with Crippen molar-refractivity contribution in [3.8, 4) is 0 Å². The summed E-state index contributed by atoms with van der Waals surface area (Å²) in [7, 11) is 1.59. The van der Waals surface area contributed by atoms with E-state index in [-0.39, 0.29) is 25.1 Å². The molecule has 0 bridgehead atoms. The van der Waals surface area contributed by atoms with E-state index in [0.29, 0.717) is 13.2 Å². The third kappa shape index (κ3) is 11.1. The zero-order valence-corrected chi connectivity index (χ0v) is 10.7. The molecule has 0 aromatic carbocycles. The van der Waals surface area contributed by atoms with Gasteiger partial charge in [0, 0.05) is 13.2 Å². The number of amides is 1. The number of aliphatic carboxylic acids is 1. The van der Waals surface area contributed by atoms with E-state index in [2.05, 4.69) is 5.32 Å². The molecular weight excluding hydrogens is 224 g/mol. The molecule has 1 amide bonds. The number of carbonyl (C=O) groups excluding carboxylic acids is 1. The van der Waals surface area contributed by atoms with Crippen molar-refractivity contribution >= 4 is 11.9 Å². The molecule has 0 rings (SSSR count). The van der Waals surface area contributed by atoms with Gasteiger partial charge in [-0.3, -0.25) is 14.5 Å². The molecule has 0 aliphatic rings. The summed E-state index contributed by atoms with van der Waals surface area (Å²) in [5.41, 5.74) is 0. The van der Waals surface area contributed by atoms with Crippen LogP contribution in [0, 0.1) is 0 Å². The van der Waals surface area contributed by atoms with Gasteiger partial charge in [-0.25, -0.2) is 0 Å². The highest BCUT2D eigenvalue weighted by atomic mass is 16.5. The lowest BCUT2D eigenvalue weighted by atomic mass is 10.4. The molecule has 0 aliphatic heterocycles. The van der Waals surface area contributed by atoms with Crippen molar-refractivity contribution in [2.24, 2.45) is 0 Å². The van der Waals surface area contributed by atoms with Crippen LogP contribution in [0.25, 0.3) is 0 Å². The maximum absolute atomic E-state index is 11.3. The molecular formula is C11H22N2O4. The Hall–Kier alpha value is -1.14. The second-order valence-corrected chi connectivity index (χ2v) is 4.19. The van der Waals surface area contributed by atoms with Crippen LogP contribution in [0.15, 0.2) is 0 Å². The Morgan fingerprint density at radius 2 is 2.00 bits per heavy atom. The lowest BCUT2D eigenvalue weighted by molar-refractivity contribution is -0.138. The molecule has 0 aliphatic carbocycles. The largest absolute Gasteiger partial charge is 0.480 e. The average Bonchev–Trinajstić information content (AvgIpc) is 2.14. The molecule has 0 fully saturated rings. The minimum absolute atomic E-state index is 0.0946. The van der Waals surface area contributed by atoms with E-state index < -0.39 is 5.97 Å². The first-order valence-corrected chi connectivity index (χ1v) is 5.70. The van der Waals surface area contributed by atoms with Gasteiger partial charge in [0.2, 0.25) is 5.91 Å². The molecule has 0 atom stereocenters. The number of carboxylic acid groups (broad SMARTS) is 1. The van der Waals surface area contributed by atoms with Crippen molar-refractivity contribution in [2.45, 2.75) is 26.4 Å². The number of carbonyl (C=O) groups is 2. The zero-order valence-electron chi connectivity index (χ0n) is 10.7. The standard InChI is InChI=1S/C11H22N2O4/c1-9(2)17-6-4-5-12-10(14)7-13(3)8-11(15)16/h9H,4-8H2,1-3H3,(H,12,14)(H,15,16). The van der Waals surface area contributed by atoms with Crippen LogP contribution in [0.5, 0.6) is 0 Å². The Morgan fingerprint density at radius 1 is 1.35 bits per heavy atom. The summed E-state index contributed by atoms with van der Waals surface area (Å²) in [4.78, 5) is 23.2. The van der Waals surface area contributed by atoms with Crippen LogP contribution in [0.4, 0.5) is 0 Å². The quantitative estimate of drug-likeness (QED) is 0.557. The fourth-order valence-electron chi connectivity index (χ4n) is 1.21. The van der Waals surface area contributed by atoms with Crippen LogP contribution in [-0.4, -0.2) is 61.3 Å². The second kappa shape index (κ2) is 8.95. The Bertz CT molecular complexity index is 244. The highest BCUT2D eigenvalue weighted by molar-refractivity contribution is 5.78. The first kappa shape index (κ1) is 15.9. The summed E-state index contributed by atoms with van der Waals surface area (Å²) in [5.74, 6) is -1.11. The lowest BCUT2D eigenvalue weighted by Crippen LogP contribution is -2.38. The van der Waals surface area contributed by atoms with Crippen LogP contribution in [0.3, 0.4) is 0 Å². The van der Waals surface area contributed by atoms with E-state index in [0.717, 1.165) is 6.42 Å². The van der Waals surface area contributed by atoms with Crippen molar-refractivity contribution in [1.29, 1.82) is 0 Å². The normalized spacial score (nSPS) is 10.9. The van der Waals surface area contributed by atoms with Crippen molar-refractivity contribution in [2.75, 3.05) is 33.3 Å². The van der Waals surface area contributed by atoms with Gasteiger partial charge in [0.1, 0.15) is 0 Å². The molecule has 6 heteroatoms. The Kier molecular flexibility index (Phi) is 8.35. The van der Waals surface area contributed by atoms with Gasteiger partial charge in [-0.2, -0.15) is 0 Å². The maximum Gasteiger partial charge on any atom is 0.317 e. The molecule has 6 nitrogen and oxygen atoms in total. The topological polar surface area (TPSA) is 78.9 Å². The summed E-state index contributed by atoms with van der Waals surface area (Å²) in [6.45, 7) is 5.04. The Labute approximate surface area is 102 Å². The fourth-order valence-corrected chi connectivity index (χ4v) is 1.21. The van der Waals surface area contributed by atoms with Gasteiger partial charge in [0.15, 0.2) is 0 Å². The monoisotopic (exact) mass is 246 g/mol. The number of hydrogen-bond donors (Lipinski definition) is 2. The maximum atomic E-state index is 11.3. The molecule has 0 saturated carbocycles. The summed E-state index contributed by atoms with van der Waals surface area (Å²) in [6.07, 6.45) is 0.958. The van der Waals surface area contributed by atoms with Crippen molar-refractivity contribution in [3.05, 3.63) is 0 Å². The third-order valence-corrected chi connectivity index (χ3v) is 1.91. The molecule has 0 aromatic rings. The zero-order chi connectivity index (χ0) is 13.3. The number of ether oxygens (including phenoxy) is 1. The van der Waals surface area contributed by atoms with Gasteiger partial charge in [-0.05, 0) is 27.3 Å². The molecule has 0 saturated heterocycles. The molecule has 100 valence electrons. The first-order valence-electron chi connectivity index (χ1n) is 5.70. The highest BCUT2D eigenvalue weighted by Gasteiger charge is 2.08. The highest BCUT2D eigenvalue weighted by Crippen LogP contribution is 1.89. The lowest BCUT2D eigenvalue weighted by Gasteiger charge is -2.13. The van der Waals surface area contributed by atoms with E-state index in [4.69, 9.17) is 9.84 Å². The van der Waals surface area contributed by atoms with Gasteiger partial charge in [-0.1, -0.05) is 0 Å². The smallest absolute Gasteiger partial charge is 0.317 e. The van der Waals surface area contributed by atoms with E-state index in [1.54, 1.807) is 7.05 Å². The fraction of sp³-hybridized carbons (Fsp3) is 0.818. The van der Waals surface area contributed by atoms with E-state index in [9.17, 15) is 9.59 Å². The number of hydrogen-bond acceptors (Lipinski definition) is 4. The van der Waals surface area contributed by atoms with Crippen LogP contribution >= 0.6 is 0 Å². The average molecular weight is 246 g/mol. The number of carboxylic acids is 1. The van der Waals surface area contributed by atoms with Crippen LogP contribution < -0.4 is 5.32 Å². The third-order valence-electron chi connectivity index (χ3n) is 1.91. The molecule has 0 radical (unpaired) electrons. The predicted molar refractivity (Wildman–Crippen MR) is 63.8 cm³/mol. The van der Waals surface area contributed by atoms with Crippen molar-refractivity contribution < 1.29 is 19.4 Å². The van der Waals surface area contributed by atoms with Crippen molar-refractivity contribution in [1.82, 2.24) is 10.2 Å².